The standard InChI is InChI=1S/C12H15ClN2O5S/c13-21(18,19)10-1-2-11(12(7-10)15(16)17)14-8-9-3-5-20-6-4-9/h1-2,7,9,14H,3-6,8H2. The van der Waals surface area contributed by atoms with Crippen molar-refractivity contribution in [3.05, 3.63) is 28.3 Å². The molecule has 0 aliphatic carbocycles. The Balaban J connectivity index is 2.16. The van der Waals surface area contributed by atoms with Gasteiger partial charge in [0.15, 0.2) is 0 Å². The van der Waals surface area contributed by atoms with Gasteiger partial charge in [0.1, 0.15) is 5.69 Å². The van der Waals surface area contributed by atoms with Gasteiger partial charge in [-0.05, 0) is 30.9 Å². The smallest absolute Gasteiger partial charge is 0.293 e. The third-order valence-electron chi connectivity index (χ3n) is 3.37. The first-order chi connectivity index (χ1) is 9.88. The molecule has 1 N–H and O–H groups in total. The highest BCUT2D eigenvalue weighted by atomic mass is 35.7. The first-order valence-electron chi connectivity index (χ1n) is 6.42. The summed E-state index contributed by atoms with van der Waals surface area (Å²) in [5.74, 6) is 0.384. The molecule has 1 aliphatic rings. The quantitative estimate of drug-likeness (QED) is 0.504. The van der Waals surface area contributed by atoms with Gasteiger partial charge >= 0.3 is 0 Å². The molecule has 1 heterocycles. The van der Waals surface area contributed by atoms with Crippen LogP contribution < -0.4 is 5.32 Å². The molecule has 21 heavy (non-hydrogen) atoms. The van der Waals surface area contributed by atoms with Crippen LogP contribution >= 0.6 is 10.7 Å². The van der Waals surface area contributed by atoms with Gasteiger partial charge in [-0.1, -0.05) is 0 Å². The molecule has 0 atom stereocenters. The average molecular weight is 335 g/mol. The summed E-state index contributed by atoms with van der Waals surface area (Å²) in [6.45, 7) is 1.97. The van der Waals surface area contributed by atoms with Crippen molar-refractivity contribution in [2.75, 3.05) is 25.1 Å². The largest absolute Gasteiger partial charge is 0.381 e. The van der Waals surface area contributed by atoms with Crippen molar-refractivity contribution >= 4 is 31.1 Å². The highest BCUT2D eigenvalue weighted by molar-refractivity contribution is 8.13. The molecule has 0 spiro atoms. The van der Waals surface area contributed by atoms with E-state index in [0.29, 0.717) is 25.7 Å². The second-order valence-electron chi connectivity index (χ2n) is 4.81. The predicted octanol–water partition coefficient (Wildman–Crippen LogP) is 2.36. The Morgan fingerprint density at radius 2 is 2.05 bits per heavy atom. The molecule has 116 valence electrons. The van der Waals surface area contributed by atoms with Gasteiger partial charge in [-0.2, -0.15) is 0 Å². The fraction of sp³-hybridized carbons (Fsp3) is 0.500. The summed E-state index contributed by atoms with van der Waals surface area (Å²) in [5, 5.41) is 14.1. The maximum Gasteiger partial charge on any atom is 0.293 e. The average Bonchev–Trinajstić information content (AvgIpc) is 2.45. The number of halogens is 1. The van der Waals surface area contributed by atoms with Crippen molar-refractivity contribution < 1.29 is 18.1 Å². The molecule has 0 unspecified atom stereocenters. The Bertz CT molecular complexity index is 629. The Kier molecular flexibility index (Phi) is 5.02. The Labute approximate surface area is 126 Å². The summed E-state index contributed by atoms with van der Waals surface area (Å²) < 4.78 is 27.7. The maximum atomic E-state index is 11.2. The molecule has 9 heteroatoms. The highest BCUT2D eigenvalue weighted by Gasteiger charge is 2.21. The number of benzene rings is 1. The number of nitro groups is 1. The van der Waals surface area contributed by atoms with E-state index in [0.717, 1.165) is 18.9 Å². The van der Waals surface area contributed by atoms with E-state index in [1.54, 1.807) is 0 Å². The number of hydrogen-bond acceptors (Lipinski definition) is 6. The Morgan fingerprint density at radius 1 is 1.38 bits per heavy atom. The minimum atomic E-state index is -3.99. The summed E-state index contributed by atoms with van der Waals surface area (Å²) in [5.41, 5.74) is -0.0145. The van der Waals surface area contributed by atoms with E-state index in [4.69, 9.17) is 15.4 Å². The number of rotatable bonds is 5. The van der Waals surface area contributed by atoms with Crippen molar-refractivity contribution in [3.8, 4) is 0 Å². The van der Waals surface area contributed by atoms with Crippen molar-refractivity contribution in [1.29, 1.82) is 0 Å². The van der Waals surface area contributed by atoms with E-state index in [1.165, 1.54) is 12.1 Å². The first-order valence-corrected chi connectivity index (χ1v) is 8.73. The van der Waals surface area contributed by atoms with Gasteiger partial charge in [0, 0.05) is 36.5 Å². The van der Waals surface area contributed by atoms with Crippen LogP contribution in [0.15, 0.2) is 23.1 Å². The zero-order valence-electron chi connectivity index (χ0n) is 11.1. The molecule has 1 fully saturated rings. The number of nitrogens with one attached hydrogen (secondary N) is 1. The normalized spacial score (nSPS) is 16.6. The fourth-order valence-corrected chi connectivity index (χ4v) is 2.94. The lowest BCUT2D eigenvalue weighted by molar-refractivity contribution is -0.384. The number of anilines is 1. The minimum absolute atomic E-state index is 0.285. The summed E-state index contributed by atoms with van der Waals surface area (Å²) in [6.07, 6.45) is 1.80. The number of ether oxygens (including phenoxy) is 1. The highest BCUT2D eigenvalue weighted by Crippen LogP contribution is 2.29. The molecule has 1 aromatic rings. The van der Waals surface area contributed by atoms with Gasteiger partial charge in [0.05, 0.1) is 9.82 Å². The maximum absolute atomic E-state index is 11.2. The van der Waals surface area contributed by atoms with Gasteiger partial charge in [-0.25, -0.2) is 8.42 Å². The Morgan fingerprint density at radius 3 is 2.62 bits per heavy atom. The molecule has 1 aromatic carbocycles. The molecule has 0 saturated carbocycles. The van der Waals surface area contributed by atoms with E-state index in [1.807, 2.05) is 0 Å². The van der Waals surface area contributed by atoms with Crippen molar-refractivity contribution in [2.45, 2.75) is 17.7 Å². The van der Waals surface area contributed by atoms with E-state index in [2.05, 4.69) is 5.32 Å². The minimum Gasteiger partial charge on any atom is -0.381 e. The molecule has 2 rings (SSSR count). The van der Waals surface area contributed by atoms with Crippen LogP contribution in [0.3, 0.4) is 0 Å². The first kappa shape index (κ1) is 16.0. The summed E-state index contributed by atoms with van der Waals surface area (Å²) >= 11 is 0. The van der Waals surface area contributed by atoms with Crippen molar-refractivity contribution in [1.82, 2.24) is 0 Å². The second kappa shape index (κ2) is 6.59. The summed E-state index contributed by atoms with van der Waals surface area (Å²) in [7, 11) is 1.21. The predicted molar refractivity (Wildman–Crippen MR) is 78.2 cm³/mol. The topological polar surface area (TPSA) is 98.5 Å². The van der Waals surface area contributed by atoms with Crippen LogP contribution in [0.5, 0.6) is 0 Å². The second-order valence-corrected chi connectivity index (χ2v) is 7.38. The molecular weight excluding hydrogens is 320 g/mol. The van der Waals surface area contributed by atoms with Crippen molar-refractivity contribution in [2.24, 2.45) is 5.92 Å². The SMILES string of the molecule is O=[N+]([O-])c1cc(S(=O)(=O)Cl)ccc1NCC1CCOCC1. The number of nitro benzene ring substituents is 1. The van der Waals surface area contributed by atoms with Crippen LogP contribution in [0.1, 0.15) is 12.8 Å². The molecule has 0 amide bonds. The van der Waals surface area contributed by atoms with Crippen LogP contribution in [0.4, 0.5) is 11.4 Å². The van der Waals surface area contributed by atoms with Gasteiger partial charge < -0.3 is 10.1 Å². The third-order valence-corrected chi connectivity index (χ3v) is 4.72. The van der Waals surface area contributed by atoms with Crippen LogP contribution in [-0.4, -0.2) is 33.1 Å². The molecule has 0 radical (unpaired) electrons. The lowest BCUT2D eigenvalue weighted by atomic mass is 10.0. The zero-order valence-corrected chi connectivity index (χ0v) is 12.7. The van der Waals surface area contributed by atoms with Crippen molar-refractivity contribution in [3.63, 3.8) is 0 Å². The molecular formula is C12H15ClN2O5S. The Hall–Kier alpha value is -1.38. The summed E-state index contributed by atoms with van der Waals surface area (Å²) in [4.78, 5) is 10.1. The number of nitrogens with zero attached hydrogens (tertiary/aromatic N) is 1. The van der Waals surface area contributed by atoms with E-state index >= 15 is 0 Å². The monoisotopic (exact) mass is 334 g/mol. The van der Waals surface area contributed by atoms with Gasteiger partial charge in [0.25, 0.3) is 14.7 Å². The van der Waals surface area contributed by atoms with Gasteiger partial charge in [-0.3, -0.25) is 10.1 Å². The third kappa shape index (κ3) is 4.29. The molecule has 0 bridgehead atoms. The van der Waals surface area contributed by atoms with Gasteiger partial charge in [0.2, 0.25) is 0 Å². The summed E-state index contributed by atoms with van der Waals surface area (Å²) in [6, 6.07) is 3.59. The zero-order chi connectivity index (χ0) is 15.5. The van der Waals surface area contributed by atoms with Crippen LogP contribution in [-0.2, 0) is 13.8 Å². The van der Waals surface area contributed by atoms with Crippen LogP contribution in [0.25, 0.3) is 0 Å². The van der Waals surface area contributed by atoms with Crippen LogP contribution in [0, 0.1) is 16.0 Å². The van der Waals surface area contributed by atoms with E-state index in [-0.39, 0.29) is 16.3 Å². The molecule has 7 nitrogen and oxygen atoms in total. The van der Waals surface area contributed by atoms with Crippen LogP contribution in [0.2, 0.25) is 0 Å². The lowest BCUT2D eigenvalue weighted by Crippen LogP contribution is -2.22. The molecule has 1 saturated heterocycles. The van der Waals surface area contributed by atoms with E-state index in [9.17, 15) is 18.5 Å². The fourth-order valence-electron chi connectivity index (χ4n) is 2.17. The van der Waals surface area contributed by atoms with Gasteiger partial charge in [-0.15, -0.1) is 0 Å². The number of hydrogen-bond donors (Lipinski definition) is 1. The van der Waals surface area contributed by atoms with E-state index < -0.39 is 14.0 Å². The molecule has 0 aromatic heterocycles. The molecule has 1 aliphatic heterocycles. The lowest BCUT2D eigenvalue weighted by Gasteiger charge is -2.22.